The molecule has 3 fully saturated rings. The zero-order chi connectivity index (χ0) is 22.4. The first-order valence-electron chi connectivity index (χ1n) is 11.9. The van der Waals surface area contributed by atoms with E-state index in [4.69, 9.17) is 9.47 Å². The maximum Gasteiger partial charge on any atom is 0.328 e. The molecule has 2 aliphatic heterocycles. The molecule has 0 bridgehead atoms. The van der Waals surface area contributed by atoms with Gasteiger partial charge in [-0.2, -0.15) is 0 Å². The molecule has 1 saturated carbocycles. The van der Waals surface area contributed by atoms with Gasteiger partial charge in [0.05, 0.1) is 19.3 Å². The summed E-state index contributed by atoms with van der Waals surface area (Å²) in [5, 5.41) is 20.3. The molecule has 3 rings (SSSR count). The molecule has 2 heterocycles. The van der Waals surface area contributed by atoms with Gasteiger partial charge in [-0.3, -0.25) is 9.59 Å². The van der Waals surface area contributed by atoms with E-state index >= 15 is 0 Å². The van der Waals surface area contributed by atoms with Gasteiger partial charge < -0.3 is 24.6 Å². The third kappa shape index (κ3) is 5.84. The Morgan fingerprint density at radius 1 is 1.06 bits per heavy atom. The number of amides is 1. The van der Waals surface area contributed by atoms with Crippen molar-refractivity contribution in [2.45, 2.75) is 95.5 Å². The highest BCUT2D eigenvalue weighted by Gasteiger charge is 2.50. The lowest BCUT2D eigenvalue weighted by Crippen LogP contribution is -2.59. The predicted octanol–water partition coefficient (Wildman–Crippen LogP) is 1.95. The van der Waals surface area contributed by atoms with Crippen molar-refractivity contribution in [1.29, 1.82) is 0 Å². The highest BCUT2D eigenvalue weighted by atomic mass is 16.6. The summed E-state index contributed by atoms with van der Waals surface area (Å²) in [5.74, 6) is -4.36. The van der Waals surface area contributed by atoms with Crippen LogP contribution in [0.3, 0.4) is 0 Å². The van der Waals surface area contributed by atoms with Crippen LogP contribution in [0.2, 0.25) is 0 Å². The van der Waals surface area contributed by atoms with Crippen LogP contribution in [0, 0.1) is 11.8 Å². The molecule has 1 amide bonds. The Balaban J connectivity index is 1.51. The molecule has 2 saturated heterocycles. The van der Waals surface area contributed by atoms with E-state index in [0.717, 1.165) is 51.4 Å². The lowest BCUT2D eigenvalue weighted by atomic mass is 9.85. The largest absolute Gasteiger partial charge is 0.464 e. The molecule has 0 aromatic heterocycles. The van der Waals surface area contributed by atoms with Crippen LogP contribution in [0.4, 0.5) is 0 Å². The Hall–Kier alpha value is -1.51. The quantitative estimate of drug-likeness (QED) is 0.354. The number of carbonyl (C=O) groups excluding carboxylic acids is 3. The fourth-order valence-corrected chi connectivity index (χ4v) is 5.02. The number of ether oxygens (including phenoxy) is 2. The average Bonchev–Trinajstić information content (AvgIpc) is 2.78. The normalized spacial score (nSPS) is 34.2. The number of ketones is 1. The summed E-state index contributed by atoms with van der Waals surface area (Å²) in [7, 11) is 0. The summed E-state index contributed by atoms with van der Waals surface area (Å²) < 4.78 is 10.8. The van der Waals surface area contributed by atoms with Crippen molar-refractivity contribution in [2.24, 2.45) is 11.8 Å². The number of Topliss-reactive ketones (excluding diaryl/α,β-unsaturated/α-hetero) is 1. The summed E-state index contributed by atoms with van der Waals surface area (Å²) >= 11 is 0. The van der Waals surface area contributed by atoms with Gasteiger partial charge in [0.1, 0.15) is 6.04 Å². The molecule has 0 spiro atoms. The fraction of sp³-hybridized carbons (Fsp3) is 0.870. The topological polar surface area (TPSA) is 113 Å². The molecule has 1 unspecified atom stereocenters. The lowest BCUT2D eigenvalue weighted by molar-refractivity contribution is -0.240. The zero-order valence-corrected chi connectivity index (χ0v) is 18.6. The van der Waals surface area contributed by atoms with E-state index < -0.39 is 35.4 Å². The number of aliphatic hydroxyl groups excluding tert-OH is 1. The van der Waals surface area contributed by atoms with Crippen LogP contribution in [-0.4, -0.2) is 70.5 Å². The van der Waals surface area contributed by atoms with E-state index in [9.17, 15) is 24.6 Å². The molecule has 0 radical (unpaired) electrons. The average molecular weight is 440 g/mol. The van der Waals surface area contributed by atoms with Crippen LogP contribution >= 0.6 is 0 Å². The number of hydrogen-bond donors (Lipinski definition) is 2. The van der Waals surface area contributed by atoms with Crippen LogP contribution in [0.1, 0.15) is 77.6 Å². The van der Waals surface area contributed by atoms with Crippen molar-refractivity contribution >= 4 is 17.7 Å². The van der Waals surface area contributed by atoms with Crippen LogP contribution in [0.5, 0.6) is 0 Å². The lowest BCUT2D eigenvalue weighted by Gasteiger charge is -2.39. The number of esters is 1. The van der Waals surface area contributed by atoms with E-state index in [1.807, 2.05) is 0 Å². The molecule has 3 atom stereocenters. The molecular weight excluding hydrogens is 402 g/mol. The number of rotatable bonds is 7. The minimum Gasteiger partial charge on any atom is -0.464 e. The molecule has 2 N–H and O–H groups in total. The molecular formula is C23H37NO7. The van der Waals surface area contributed by atoms with Gasteiger partial charge in [-0.25, -0.2) is 4.79 Å². The number of piperidine rings is 1. The number of likely N-dealkylation sites (tertiary alicyclic amines) is 1. The van der Waals surface area contributed by atoms with Gasteiger partial charge in [0.25, 0.3) is 11.7 Å². The van der Waals surface area contributed by atoms with Crippen molar-refractivity contribution in [3.63, 3.8) is 0 Å². The summed E-state index contributed by atoms with van der Waals surface area (Å²) in [4.78, 5) is 39.7. The van der Waals surface area contributed by atoms with E-state index in [0.29, 0.717) is 31.7 Å². The van der Waals surface area contributed by atoms with Crippen LogP contribution in [0.15, 0.2) is 0 Å². The Labute approximate surface area is 184 Å². The van der Waals surface area contributed by atoms with Gasteiger partial charge in [-0.05, 0) is 76.5 Å². The second-order valence-electron chi connectivity index (χ2n) is 9.41. The first kappa shape index (κ1) is 24.1. The van der Waals surface area contributed by atoms with Crippen LogP contribution in [0.25, 0.3) is 0 Å². The second-order valence-corrected chi connectivity index (χ2v) is 9.41. The molecule has 1 aliphatic carbocycles. The Kier molecular flexibility index (Phi) is 8.47. The Bertz CT molecular complexity index is 646. The second kappa shape index (κ2) is 10.9. The molecule has 176 valence electrons. The van der Waals surface area contributed by atoms with Crippen molar-refractivity contribution in [1.82, 2.24) is 4.90 Å². The van der Waals surface area contributed by atoms with E-state index in [1.165, 1.54) is 4.90 Å². The number of carbonyl (C=O) groups is 3. The van der Waals surface area contributed by atoms with Gasteiger partial charge in [0.15, 0.2) is 0 Å². The minimum atomic E-state index is -2.12. The smallest absolute Gasteiger partial charge is 0.328 e. The van der Waals surface area contributed by atoms with Gasteiger partial charge in [-0.15, -0.1) is 0 Å². The first-order chi connectivity index (χ1) is 14.8. The Morgan fingerprint density at radius 2 is 1.81 bits per heavy atom. The van der Waals surface area contributed by atoms with E-state index in [2.05, 4.69) is 0 Å². The molecule has 31 heavy (non-hydrogen) atoms. The third-order valence-corrected chi connectivity index (χ3v) is 7.14. The van der Waals surface area contributed by atoms with Gasteiger partial charge in [0.2, 0.25) is 5.79 Å². The van der Waals surface area contributed by atoms with E-state index in [-0.39, 0.29) is 19.3 Å². The third-order valence-electron chi connectivity index (χ3n) is 7.14. The first-order valence-corrected chi connectivity index (χ1v) is 11.9. The van der Waals surface area contributed by atoms with Gasteiger partial charge in [-0.1, -0.05) is 6.92 Å². The predicted molar refractivity (Wildman–Crippen MR) is 112 cm³/mol. The molecule has 3 aliphatic rings. The Morgan fingerprint density at radius 3 is 2.52 bits per heavy atom. The van der Waals surface area contributed by atoms with Crippen molar-refractivity contribution in [3.05, 3.63) is 0 Å². The van der Waals surface area contributed by atoms with Crippen molar-refractivity contribution in [2.75, 3.05) is 19.8 Å². The van der Waals surface area contributed by atoms with Crippen LogP contribution < -0.4 is 0 Å². The fourth-order valence-electron chi connectivity index (χ4n) is 5.02. The summed E-state index contributed by atoms with van der Waals surface area (Å²) in [6.45, 7) is 2.50. The zero-order valence-electron chi connectivity index (χ0n) is 18.6. The highest BCUT2D eigenvalue weighted by Crippen LogP contribution is 2.31. The molecule has 0 aromatic rings. The van der Waals surface area contributed by atoms with E-state index in [1.54, 1.807) is 6.92 Å². The highest BCUT2D eigenvalue weighted by molar-refractivity contribution is 6.39. The van der Waals surface area contributed by atoms with Crippen LogP contribution in [-0.2, 0) is 23.9 Å². The molecule has 8 nitrogen and oxygen atoms in total. The summed E-state index contributed by atoms with van der Waals surface area (Å²) in [6, 6.07) is -0.794. The van der Waals surface area contributed by atoms with Crippen molar-refractivity contribution in [3.8, 4) is 0 Å². The minimum absolute atomic E-state index is 0.174. The summed E-state index contributed by atoms with van der Waals surface area (Å²) in [5.41, 5.74) is 0. The van der Waals surface area contributed by atoms with Gasteiger partial charge >= 0.3 is 5.97 Å². The maximum atomic E-state index is 12.9. The molecule has 0 aromatic carbocycles. The van der Waals surface area contributed by atoms with Crippen molar-refractivity contribution < 1.29 is 34.1 Å². The number of aliphatic hydroxyl groups is 2. The number of nitrogens with zero attached hydrogens (tertiary/aromatic N) is 1. The SMILES string of the molecule is CC1CCCO[C@@]1(O)C(=O)C(=O)N1CCCC[C@H]1C(=O)OCCCC1CCC(O)CC1. The monoisotopic (exact) mass is 439 g/mol. The maximum absolute atomic E-state index is 12.9. The standard InChI is InChI=1S/C23H37NO7/c1-16-6-4-15-31-23(16,29)20(26)21(27)24-13-3-2-8-19(24)22(28)30-14-5-7-17-9-11-18(25)12-10-17/h16-19,25,29H,2-15H2,1H3/t16?,17?,18?,19-,23+/m0/s1. The molecule has 8 heteroatoms. The summed E-state index contributed by atoms with van der Waals surface area (Å²) in [6.07, 6.45) is 8.47. The van der Waals surface area contributed by atoms with Gasteiger partial charge in [0, 0.05) is 12.5 Å². The number of hydrogen-bond acceptors (Lipinski definition) is 7.